The Hall–Kier alpha value is -0.910. The Morgan fingerprint density at radius 3 is 2.90 bits per heavy atom. The van der Waals surface area contributed by atoms with Gasteiger partial charge in [-0.2, -0.15) is 0 Å². The van der Waals surface area contributed by atoms with Crippen molar-refractivity contribution in [2.75, 3.05) is 44.3 Å². The Kier molecular flexibility index (Phi) is 4.38. The van der Waals surface area contributed by atoms with Gasteiger partial charge in [0.2, 0.25) is 0 Å². The number of morpholine rings is 1. The summed E-state index contributed by atoms with van der Waals surface area (Å²) in [7, 11) is 0. The lowest BCUT2D eigenvalue weighted by Gasteiger charge is -2.32. The van der Waals surface area contributed by atoms with Crippen LogP contribution in [-0.2, 0) is 10.6 Å². The van der Waals surface area contributed by atoms with E-state index in [1.165, 1.54) is 12.3 Å². The van der Waals surface area contributed by atoms with Gasteiger partial charge in [-0.05, 0) is 12.5 Å². The van der Waals surface area contributed by atoms with E-state index in [4.69, 9.17) is 16.3 Å². The Bertz CT molecular complexity index is 468. The topological polar surface area (TPSA) is 28.6 Å². The van der Waals surface area contributed by atoms with Gasteiger partial charge in [0.05, 0.1) is 25.3 Å². The Balaban J connectivity index is 1.70. The molecule has 1 unspecified atom stereocenters. The average Bonchev–Trinajstić information content (AvgIpc) is 2.97. The van der Waals surface area contributed by atoms with Crippen molar-refractivity contribution in [2.45, 2.75) is 18.3 Å². The summed E-state index contributed by atoms with van der Waals surface area (Å²) in [5, 5.41) is 0. The van der Waals surface area contributed by atoms with Gasteiger partial charge in [0.1, 0.15) is 11.6 Å². The van der Waals surface area contributed by atoms with Gasteiger partial charge in [-0.3, -0.25) is 4.90 Å². The third-order valence-corrected chi connectivity index (χ3v) is 4.37. The van der Waals surface area contributed by atoms with Crippen molar-refractivity contribution in [3.63, 3.8) is 0 Å². The zero-order valence-electron chi connectivity index (χ0n) is 11.4. The predicted octanol–water partition coefficient (Wildman–Crippen LogP) is 1.87. The molecule has 0 aliphatic carbocycles. The van der Waals surface area contributed by atoms with Crippen molar-refractivity contribution < 1.29 is 9.13 Å². The van der Waals surface area contributed by atoms with Crippen LogP contribution in [0, 0.1) is 5.82 Å². The van der Waals surface area contributed by atoms with E-state index in [1.807, 2.05) is 0 Å². The molecule has 2 saturated heterocycles. The maximum Gasteiger partial charge on any atom is 0.141 e. The van der Waals surface area contributed by atoms with Crippen LogP contribution in [-0.4, -0.2) is 55.3 Å². The summed E-state index contributed by atoms with van der Waals surface area (Å²) >= 11 is 5.91. The Labute approximate surface area is 123 Å². The van der Waals surface area contributed by atoms with Gasteiger partial charge in [-0.25, -0.2) is 9.37 Å². The molecule has 2 fully saturated rings. The van der Waals surface area contributed by atoms with Crippen molar-refractivity contribution in [2.24, 2.45) is 0 Å². The van der Waals surface area contributed by atoms with Crippen LogP contribution in [0.3, 0.4) is 0 Å². The first-order chi connectivity index (χ1) is 9.78. The Morgan fingerprint density at radius 1 is 1.35 bits per heavy atom. The number of hydrogen-bond acceptors (Lipinski definition) is 4. The average molecular weight is 300 g/mol. The monoisotopic (exact) mass is 299 g/mol. The van der Waals surface area contributed by atoms with E-state index < -0.39 is 0 Å². The van der Waals surface area contributed by atoms with E-state index in [2.05, 4.69) is 14.8 Å². The largest absolute Gasteiger partial charge is 0.379 e. The molecule has 4 nitrogen and oxygen atoms in total. The molecule has 1 aromatic heterocycles. The number of hydrogen-bond donors (Lipinski definition) is 0. The van der Waals surface area contributed by atoms with Gasteiger partial charge < -0.3 is 9.64 Å². The summed E-state index contributed by atoms with van der Waals surface area (Å²) in [5.41, 5.74) is 0.772. The number of nitrogens with zero attached hydrogens (tertiary/aromatic N) is 3. The minimum Gasteiger partial charge on any atom is -0.379 e. The maximum atomic E-state index is 13.2. The van der Waals surface area contributed by atoms with Crippen LogP contribution in [0.1, 0.15) is 12.0 Å². The highest BCUT2D eigenvalue weighted by molar-refractivity contribution is 6.17. The third kappa shape index (κ3) is 2.90. The third-order valence-electron chi connectivity index (χ3n) is 4.08. The van der Waals surface area contributed by atoms with Crippen molar-refractivity contribution in [3.8, 4) is 0 Å². The molecule has 0 amide bonds. The van der Waals surface area contributed by atoms with E-state index >= 15 is 0 Å². The molecule has 20 heavy (non-hydrogen) atoms. The fraction of sp³-hybridized carbons (Fsp3) is 0.643. The first kappa shape index (κ1) is 14.0. The first-order valence-electron chi connectivity index (χ1n) is 7.05. The van der Waals surface area contributed by atoms with Gasteiger partial charge >= 0.3 is 0 Å². The molecular formula is C14H19ClFN3O. The molecule has 1 aromatic rings. The summed E-state index contributed by atoms with van der Waals surface area (Å²) in [6.07, 6.45) is 2.38. The lowest BCUT2D eigenvalue weighted by Crippen LogP contribution is -2.44. The van der Waals surface area contributed by atoms with Crippen LogP contribution < -0.4 is 4.90 Å². The second-order valence-electron chi connectivity index (χ2n) is 5.31. The predicted molar refractivity (Wildman–Crippen MR) is 76.8 cm³/mol. The summed E-state index contributed by atoms with van der Waals surface area (Å²) in [6, 6.07) is 2.02. The molecule has 6 heteroatoms. The van der Waals surface area contributed by atoms with Gasteiger partial charge in [0.15, 0.2) is 0 Å². The molecule has 2 aliphatic rings. The van der Waals surface area contributed by atoms with Crippen LogP contribution in [0.4, 0.5) is 10.2 Å². The maximum absolute atomic E-state index is 13.2. The molecule has 110 valence electrons. The summed E-state index contributed by atoms with van der Waals surface area (Å²) in [4.78, 5) is 8.93. The lowest BCUT2D eigenvalue weighted by molar-refractivity contribution is 0.0209. The fourth-order valence-electron chi connectivity index (χ4n) is 3.03. The van der Waals surface area contributed by atoms with Crippen LogP contribution in [0.25, 0.3) is 0 Å². The summed E-state index contributed by atoms with van der Waals surface area (Å²) < 4.78 is 18.6. The SMILES string of the molecule is Fc1cnc(N2CCC(N3CCOCC3)C2)c(CCl)c1. The van der Waals surface area contributed by atoms with Crippen molar-refractivity contribution in [1.82, 2.24) is 9.88 Å². The molecule has 0 saturated carbocycles. The van der Waals surface area contributed by atoms with Gasteiger partial charge in [-0.15, -0.1) is 11.6 Å². The molecule has 0 radical (unpaired) electrons. The quantitative estimate of drug-likeness (QED) is 0.797. The first-order valence-corrected chi connectivity index (χ1v) is 7.58. The van der Waals surface area contributed by atoms with Crippen molar-refractivity contribution in [3.05, 3.63) is 23.6 Å². The van der Waals surface area contributed by atoms with Gasteiger partial charge in [-0.1, -0.05) is 0 Å². The number of pyridine rings is 1. The van der Waals surface area contributed by atoms with Crippen LogP contribution >= 0.6 is 11.6 Å². The van der Waals surface area contributed by atoms with Crippen molar-refractivity contribution in [1.29, 1.82) is 0 Å². The smallest absolute Gasteiger partial charge is 0.141 e. The molecule has 3 heterocycles. The van der Waals surface area contributed by atoms with E-state index in [1.54, 1.807) is 0 Å². The molecule has 0 bridgehead atoms. The van der Waals surface area contributed by atoms with Crippen LogP contribution in [0.2, 0.25) is 0 Å². The number of ether oxygens (including phenoxy) is 1. The van der Waals surface area contributed by atoms with Crippen LogP contribution in [0.15, 0.2) is 12.3 Å². The molecule has 0 spiro atoms. The van der Waals surface area contributed by atoms with E-state index in [0.717, 1.165) is 57.2 Å². The summed E-state index contributed by atoms with van der Waals surface area (Å²) in [6.45, 7) is 5.51. The zero-order valence-corrected chi connectivity index (χ0v) is 12.2. The Morgan fingerprint density at radius 2 is 2.15 bits per heavy atom. The standard InChI is InChI=1S/C14H19ClFN3O/c15-8-11-7-12(16)9-17-14(11)19-2-1-13(10-19)18-3-5-20-6-4-18/h7,9,13H,1-6,8,10H2. The minimum absolute atomic E-state index is 0.290. The zero-order chi connectivity index (χ0) is 13.9. The van der Waals surface area contributed by atoms with E-state index in [0.29, 0.717) is 11.9 Å². The molecular weight excluding hydrogens is 281 g/mol. The normalized spacial score (nSPS) is 24.3. The van der Waals surface area contributed by atoms with Gasteiger partial charge in [0.25, 0.3) is 0 Å². The number of anilines is 1. The van der Waals surface area contributed by atoms with E-state index in [-0.39, 0.29) is 5.82 Å². The molecule has 2 aliphatic heterocycles. The summed E-state index contributed by atoms with van der Waals surface area (Å²) in [5.74, 6) is 0.796. The van der Waals surface area contributed by atoms with Gasteiger partial charge in [0, 0.05) is 37.8 Å². The fourth-order valence-corrected chi connectivity index (χ4v) is 3.23. The highest BCUT2D eigenvalue weighted by Crippen LogP contribution is 2.26. The lowest BCUT2D eigenvalue weighted by atomic mass is 10.2. The molecule has 1 atom stereocenters. The number of halogens is 2. The molecule has 0 N–H and O–H groups in total. The molecule has 3 rings (SSSR count). The highest BCUT2D eigenvalue weighted by Gasteiger charge is 2.30. The van der Waals surface area contributed by atoms with E-state index in [9.17, 15) is 4.39 Å². The number of aromatic nitrogens is 1. The number of rotatable bonds is 3. The van der Waals surface area contributed by atoms with Crippen molar-refractivity contribution >= 4 is 17.4 Å². The molecule has 0 aromatic carbocycles. The highest BCUT2D eigenvalue weighted by atomic mass is 35.5. The van der Waals surface area contributed by atoms with Crippen LogP contribution in [0.5, 0.6) is 0 Å². The second-order valence-corrected chi connectivity index (χ2v) is 5.57. The second kappa shape index (κ2) is 6.24. The number of alkyl halides is 1. The minimum atomic E-state index is -0.326.